The molecule has 32 heavy (non-hydrogen) atoms. The third-order valence-corrected chi connectivity index (χ3v) is 6.43. The van der Waals surface area contributed by atoms with E-state index in [1.165, 1.54) is 0 Å². The van der Waals surface area contributed by atoms with Crippen molar-refractivity contribution in [3.05, 3.63) is 23.3 Å². The van der Waals surface area contributed by atoms with Crippen LogP contribution in [0.4, 0.5) is 10.5 Å². The van der Waals surface area contributed by atoms with Crippen molar-refractivity contribution in [1.82, 2.24) is 4.90 Å². The van der Waals surface area contributed by atoms with Crippen LogP contribution in [0.5, 0.6) is 0 Å². The summed E-state index contributed by atoms with van der Waals surface area (Å²) < 4.78 is 17.8. The highest BCUT2D eigenvalue weighted by atomic mass is 16.7. The Hall–Kier alpha value is -2.26. The van der Waals surface area contributed by atoms with Crippen LogP contribution in [0.2, 0.25) is 0 Å². The van der Waals surface area contributed by atoms with E-state index < -0.39 is 29.9 Å². The number of piperazine rings is 1. The molecule has 0 spiro atoms. The monoisotopic (exact) mass is 446 g/mol. The highest BCUT2D eigenvalue weighted by Gasteiger charge is 2.52. The second-order valence-corrected chi connectivity index (χ2v) is 10.6. The summed E-state index contributed by atoms with van der Waals surface area (Å²) in [4.78, 5) is 28.2. The van der Waals surface area contributed by atoms with Crippen LogP contribution >= 0.6 is 0 Å². The Morgan fingerprint density at radius 1 is 1.03 bits per heavy atom. The standard InChI is InChI=1S/C23H35BN2O6/c1-15-17(19(27)28)13-16(24-31-22(5,6)23(7,8)32-24)14-18(15)25-9-11-26(12-10-25)20(29)30-21(2,3)4/h13-14H,9-12H2,1-8H3,(H,27,28). The van der Waals surface area contributed by atoms with Crippen LogP contribution in [0.15, 0.2) is 12.1 Å². The smallest absolute Gasteiger partial charge is 0.478 e. The van der Waals surface area contributed by atoms with Crippen molar-refractivity contribution in [3.63, 3.8) is 0 Å². The first kappa shape index (κ1) is 24.4. The predicted molar refractivity (Wildman–Crippen MR) is 124 cm³/mol. The molecule has 1 aromatic carbocycles. The first-order valence-electron chi connectivity index (χ1n) is 11.1. The summed E-state index contributed by atoms with van der Waals surface area (Å²) in [6.07, 6.45) is -0.328. The number of carboxylic acids is 1. The van der Waals surface area contributed by atoms with Crippen LogP contribution in [0.1, 0.15) is 64.4 Å². The lowest BCUT2D eigenvalue weighted by Crippen LogP contribution is -2.50. The Morgan fingerprint density at radius 2 is 1.56 bits per heavy atom. The van der Waals surface area contributed by atoms with Crippen LogP contribution < -0.4 is 10.4 Å². The van der Waals surface area contributed by atoms with Gasteiger partial charge in [-0.2, -0.15) is 0 Å². The van der Waals surface area contributed by atoms with E-state index >= 15 is 0 Å². The summed E-state index contributed by atoms with van der Waals surface area (Å²) in [6, 6.07) is 3.59. The van der Waals surface area contributed by atoms with Gasteiger partial charge < -0.3 is 29.0 Å². The SMILES string of the molecule is Cc1c(C(=O)O)cc(B2OC(C)(C)C(C)(C)O2)cc1N1CCN(C(=O)OC(C)(C)C)CC1. The topological polar surface area (TPSA) is 88.5 Å². The number of hydrogen-bond donors (Lipinski definition) is 1. The van der Waals surface area contributed by atoms with Gasteiger partial charge >= 0.3 is 19.2 Å². The van der Waals surface area contributed by atoms with E-state index in [0.717, 1.165) is 5.69 Å². The van der Waals surface area contributed by atoms with Gasteiger partial charge in [-0.25, -0.2) is 9.59 Å². The average molecular weight is 446 g/mol. The first-order chi connectivity index (χ1) is 14.6. The van der Waals surface area contributed by atoms with E-state index in [4.69, 9.17) is 14.0 Å². The van der Waals surface area contributed by atoms with Gasteiger partial charge in [-0.1, -0.05) is 0 Å². The number of benzene rings is 1. The van der Waals surface area contributed by atoms with E-state index in [-0.39, 0.29) is 11.7 Å². The Morgan fingerprint density at radius 3 is 2.03 bits per heavy atom. The largest absolute Gasteiger partial charge is 0.494 e. The van der Waals surface area contributed by atoms with Gasteiger partial charge in [-0.05, 0) is 78.5 Å². The molecule has 2 aliphatic rings. The molecule has 2 saturated heterocycles. The number of rotatable bonds is 3. The fraction of sp³-hybridized carbons (Fsp3) is 0.652. The summed E-state index contributed by atoms with van der Waals surface area (Å²) in [5.41, 5.74) is 0.814. The maximum atomic E-state index is 12.4. The average Bonchev–Trinajstić information content (AvgIpc) is 2.88. The van der Waals surface area contributed by atoms with Crippen molar-refractivity contribution in [3.8, 4) is 0 Å². The number of aromatic carboxylic acids is 1. The number of anilines is 1. The molecule has 1 amide bonds. The lowest BCUT2D eigenvalue weighted by Gasteiger charge is -2.37. The third-order valence-electron chi connectivity index (χ3n) is 6.43. The Balaban J connectivity index is 1.85. The van der Waals surface area contributed by atoms with Gasteiger partial charge in [-0.15, -0.1) is 0 Å². The quantitative estimate of drug-likeness (QED) is 0.714. The molecule has 2 aliphatic heterocycles. The number of carboxylic acid groups (broad SMARTS) is 1. The molecule has 1 N–H and O–H groups in total. The van der Waals surface area contributed by atoms with Crippen molar-refractivity contribution in [2.75, 3.05) is 31.1 Å². The van der Waals surface area contributed by atoms with Crippen LogP contribution in [-0.2, 0) is 14.0 Å². The van der Waals surface area contributed by atoms with E-state index in [1.54, 1.807) is 11.0 Å². The summed E-state index contributed by atoms with van der Waals surface area (Å²) in [5, 5.41) is 9.81. The molecular formula is C23H35BN2O6. The fourth-order valence-electron chi connectivity index (χ4n) is 3.84. The van der Waals surface area contributed by atoms with E-state index in [9.17, 15) is 14.7 Å². The van der Waals surface area contributed by atoms with Gasteiger partial charge in [0.1, 0.15) is 5.60 Å². The molecule has 0 atom stereocenters. The van der Waals surface area contributed by atoms with Crippen LogP contribution in [-0.4, -0.2) is 72.2 Å². The second-order valence-electron chi connectivity index (χ2n) is 10.6. The molecule has 0 aromatic heterocycles. The molecule has 8 nitrogen and oxygen atoms in total. The fourth-order valence-corrected chi connectivity index (χ4v) is 3.84. The van der Waals surface area contributed by atoms with Gasteiger partial charge in [0.2, 0.25) is 0 Å². The normalized spacial score (nSPS) is 20.4. The lowest BCUT2D eigenvalue weighted by atomic mass is 9.77. The Kier molecular flexibility index (Phi) is 6.30. The number of hydrogen-bond acceptors (Lipinski definition) is 6. The van der Waals surface area contributed by atoms with E-state index in [2.05, 4.69) is 4.90 Å². The number of amides is 1. The molecule has 1 aromatic rings. The molecular weight excluding hydrogens is 411 g/mol. The molecule has 3 rings (SSSR count). The molecule has 9 heteroatoms. The maximum absolute atomic E-state index is 12.4. The van der Waals surface area contributed by atoms with Crippen molar-refractivity contribution in [2.24, 2.45) is 0 Å². The second kappa shape index (κ2) is 8.26. The number of carbonyl (C=O) groups excluding carboxylic acids is 1. The Bertz CT molecular complexity index is 884. The van der Waals surface area contributed by atoms with Crippen molar-refractivity contribution < 1.29 is 28.7 Å². The van der Waals surface area contributed by atoms with Crippen LogP contribution in [0, 0.1) is 6.92 Å². The zero-order chi connectivity index (χ0) is 24.1. The predicted octanol–water partition coefficient (Wildman–Crippen LogP) is 3.05. The molecule has 176 valence electrons. The molecule has 0 bridgehead atoms. The van der Waals surface area contributed by atoms with Gasteiger partial charge in [0, 0.05) is 31.9 Å². The minimum atomic E-state index is -0.991. The van der Waals surface area contributed by atoms with Crippen molar-refractivity contribution in [2.45, 2.75) is 72.2 Å². The highest BCUT2D eigenvalue weighted by molar-refractivity contribution is 6.62. The lowest BCUT2D eigenvalue weighted by molar-refractivity contribution is 0.00578. The van der Waals surface area contributed by atoms with E-state index in [0.29, 0.717) is 37.2 Å². The number of carbonyl (C=O) groups is 2. The summed E-state index contributed by atoms with van der Waals surface area (Å²) in [5.74, 6) is -0.991. The van der Waals surface area contributed by atoms with Crippen LogP contribution in [0.25, 0.3) is 0 Å². The summed E-state index contributed by atoms with van der Waals surface area (Å²) >= 11 is 0. The molecule has 2 fully saturated rings. The zero-order valence-corrected chi connectivity index (χ0v) is 20.4. The number of nitrogens with zero attached hydrogens (tertiary/aromatic N) is 2. The minimum absolute atomic E-state index is 0.224. The van der Waals surface area contributed by atoms with Gasteiger partial charge in [0.05, 0.1) is 16.8 Å². The summed E-state index contributed by atoms with van der Waals surface area (Å²) in [7, 11) is -0.652. The van der Waals surface area contributed by atoms with Gasteiger partial charge in [0.15, 0.2) is 0 Å². The van der Waals surface area contributed by atoms with Crippen LogP contribution in [0.3, 0.4) is 0 Å². The molecule has 0 aliphatic carbocycles. The molecule has 0 unspecified atom stereocenters. The molecule has 0 saturated carbocycles. The van der Waals surface area contributed by atoms with Crippen molar-refractivity contribution >= 4 is 30.3 Å². The Labute approximate surface area is 190 Å². The van der Waals surface area contributed by atoms with E-state index in [1.807, 2.05) is 61.5 Å². The third kappa shape index (κ3) is 4.88. The zero-order valence-electron chi connectivity index (χ0n) is 20.4. The summed E-state index contributed by atoms with van der Waals surface area (Å²) in [6.45, 7) is 17.4. The minimum Gasteiger partial charge on any atom is -0.478 e. The first-order valence-corrected chi connectivity index (χ1v) is 11.1. The number of ether oxygens (including phenoxy) is 1. The van der Waals surface area contributed by atoms with Gasteiger partial charge in [-0.3, -0.25) is 0 Å². The highest BCUT2D eigenvalue weighted by Crippen LogP contribution is 2.37. The van der Waals surface area contributed by atoms with Crippen molar-refractivity contribution in [1.29, 1.82) is 0 Å². The molecule has 2 heterocycles. The molecule has 0 radical (unpaired) electrons. The maximum Gasteiger partial charge on any atom is 0.494 e. The van der Waals surface area contributed by atoms with Gasteiger partial charge in [0.25, 0.3) is 0 Å².